The number of aliphatic carboxylic acids is 1. The number of amides is 1. The highest BCUT2D eigenvalue weighted by atomic mass is 16.4. The fourth-order valence-electron chi connectivity index (χ4n) is 2.26. The van der Waals surface area contributed by atoms with Crippen molar-refractivity contribution in [2.24, 2.45) is 5.84 Å². The van der Waals surface area contributed by atoms with Crippen LogP contribution in [0.2, 0.25) is 0 Å². The molecule has 0 fully saturated rings. The van der Waals surface area contributed by atoms with E-state index in [2.05, 4.69) is 0 Å². The van der Waals surface area contributed by atoms with Gasteiger partial charge < -0.3 is 5.11 Å². The normalized spacial score (nSPS) is 10.8. The molecule has 1 amide bonds. The minimum atomic E-state index is -1.86. The zero-order valence-corrected chi connectivity index (χ0v) is 10.6. The van der Waals surface area contributed by atoms with Gasteiger partial charge in [-0.25, -0.2) is 5.84 Å². The average Bonchev–Trinajstić information content (AvgIpc) is 2.49. The van der Waals surface area contributed by atoms with Crippen molar-refractivity contribution in [1.82, 2.24) is 5.43 Å². The predicted octanol–water partition coefficient (Wildman–Crippen LogP) is 1.05. The topological polar surface area (TPSA) is 92.4 Å². The molecule has 0 aliphatic rings. The molecule has 5 heteroatoms. The maximum absolute atomic E-state index is 12.3. The Balaban J connectivity index is 2.77. The van der Waals surface area contributed by atoms with Gasteiger partial charge in [-0.05, 0) is 11.1 Å². The van der Waals surface area contributed by atoms with Crippen molar-refractivity contribution >= 4 is 11.9 Å². The van der Waals surface area contributed by atoms with Crippen LogP contribution in [0.5, 0.6) is 0 Å². The molecule has 5 nitrogen and oxygen atoms in total. The zero-order valence-electron chi connectivity index (χ0n) is 10.6. The Morgan fingerprint density at radius 1 is 0.900 bits per heavy atom. The van der Waals surface area contributed by atoms with Gasteiger partial charge in [0.2, 0.25) is 0 Å². The van der Waals surface area contributed by atoms with Gasteiger partial charge in [0.05, 0.1) is 0 Å². The molecule has 0 spiro atoms. The van der Waals surface area contributed by atoms with E-state index in [4.69, 9.17) is 5.84 Å². The van der Waals surface area contributed by atoms with Crippen molar-refractivity contribution < 1.29 is 14.7 Å². The monoisotopic (exact) mass is 270 g/mol. The number of carbonyl (C=O) groups excluding carboxylic acids is 1. The Morgan fingerprint density at radius 3 is 1.60 bits per heavy atom. The fourth-order valence-corrected chi connectivity index (χ4v) is 2.26. The molecule has 0 heterocycles. The molecular formula is C15H14N2O3. The highest BCUT2D eigenvalue weighted by Crippen LogP contribution is 2.33. The second-order valence-corrected chi connectivity index (χ2v) is 4.26. The molecule has 2 aromatic rings. The van der Waals surface area contributed by atoms with Crippen molar-refractivity contribution in [2.45, 2.75) is 5.41 Å². The summed E-state index contributed by atoms with van der Waals surface area (Å²) < 4.78 is 0. The van der Waals surface area contributed by atoms with E-state index in [1.165, 1.54) is 0 Å². The van der Waals surface area contributed by atoms with Crippen LogP contribution in [0.4, 0.5) is 0 Å². The second-order valence-electron chi connectivity index (χ2n) is 4.26. The average molecular weight is 270 g/mol. The molecule has 4 N–H and O–H groups in total. The molecule has 0 saturated heterocycles. The minimum Gasteiger partial charge on any atom is -0.480 e. The quantitative estimate of drug-likeness (QED) is 0.335. The van der Waals surface area contributed by atoms with Crippen molar-refractivity contribution in [2.75, 3.05) is 0 Å². The molecule has 2 rings (SSSR count). The van der Waals surface area contributed by atoms with Gasteiger partial charge in [0.25, 0.3) is 5.91 Å². The molecule has 0 radical (unpaired) electrons. The lowest BCUT2D eigenvalue weighted by atomic mass is 9.73. The summed E-state index contributed by atoms with van der Waals surface area (Å²) in [5.41, 5.74) is 0.798. The van der Waals surface area contributed by atoms with Crippen molar-refractivity contribution in [3.8, 4) is 0 Å². The lowest BCUT2D eigenvalue weighted by molar-refractivity contribution is -0.147. The molecule has 0 bridgehead atoms. The van der Waals surface area contributed by atoms with E-state index in [0.29, 0.717) is 11.1 Å². The molecular weight excluding hydrogens is 256 g/mol. The first-order chi connectivity index (χ1) is 9.64. The first kappa shape index (κ1) is 13.8. The van der Waals surface area contributed by atoms with Crippen LogP contribution in [0.15, 0.2) is 60.7 Å². The van der Waals surface area contributed by atoms with Crippen molar-refractivity contribution in [1.29, 1.82) is 0 Å². The third kappa shape index (κ3) is 2.04. The van der Waals surface area contributed by atoms with Crippen molar-refractivity contribution in [3.05, 3.63) is 71.8 Å². The third-order valence-electron chi connectivity index (χ3n) is 3.21. The molecule has 0 aliphatic carbocycles. The summed E-state index contributed by atoms with van der Waals surface area (Å²) in [6.07, 6.45) is 0. The van der Waals surface area contributed by atoms with E-state index in [0.717, 1.165) is 0 Å². The van der Waals surface area contributed by atoms with E-state index >= 15 is 0 Å². The van der Waals surface area contributed by atoms with Gasteiger partial charge in [-0.1, -0.05) is 60.7 Å². The summed E-state index contributed by atoms with van der Waals surface area (Å²) in [5.74, 6) is 3.14. The van der Waals surface area contributed by atoms with Crippen LogP contribution in [0.25, 0.3) is 0 Å². The van der Waals surface area contributed by atoms with Crippen LogP contribution in [-0.4, -0.2) is 17.0 Å². The van der Waals surface area contributed by atoms with Gasteiger partial charge in [0, 0.05) is 0 Å². The largest absolute Gasteiger partial charge is 0.480 e. The number of hydrogen-bond donors (Lipinski definition) is 3. The molecule has 0 aromatic heterocycles. The molecule has 0 aliphatic heterocycles. The van der Waals surface area contributed by atoms with E-state index in [-0.39, 0.29) is 0 Å². The fraction of sp³-hybridized carbons (Fsp3) is 0.0667. The van der Waals surface area contributed by atoms with E-state index in [1.807, 2.05) is 5.43 Å². The molecule has 2 aromatic carbocycles. The standard InChI is InChI=1S/C15H14N2O3/c16-17-13(18)15(14(19)20,11-7-3-1-4-8-11)12-9-5-2-6-10-12/h1-10H,16H2,(H,17,18)(H,19,20). The van der Waals surface area contributed by atoms with Gasteiger partial charge in [0.15, 0.2) is 5.41 Å². The van der Waals surface area contributed by atoms with Crippen LogP contribution in [-0.2, 0) is 15.0 Å². The number of nitrogens with one attached hydrogen (secondary N) is 1. The maximum atomic E-state index is 12.3. The van der Waals surface area contributed by atoms with Crippen molar-refractivity contribution in [3.63, 3.8) is 0 Å². The van der Waals surface area contributed by atoms with Gasteiger partial charge in [-0.2, -0.15) is 0 Å². The Kier molecular flexibility index (Phi) is 3.81. The van der Waals surface area contributed by atoms with Crippen LogP contribution in [0.3, 0.4) is 0 Å². The van der Waals surface area contributed by atoms with E-state index in [1.54, 1.807) is 60.7 Å². The third-order valence-corrected chi connectivity index (χ3v) is 3.21. The molecule has 0 saturated carbocycles. The van der Waals surface area contributed by atoms with Gasteiger partial charge in [-0.3, -0.25) is 15.0 Å². The molecule has 0 unspecified atom stereocenters. The lowest BCUT2D eigenvalue weighted by Gasteiger charge is -2.28. The predicted molar refractivity (Wildman–Crippen MR) is 73.6 cm³/mol. The van der Waals surface area contributed by atoms with Crippen LogP contribution in [0, 0.1) is 0 Å². The Bertz CT molecular complexity index is 572. The first-order valence-electron chi connectivity index (χ1n) is 5.99. The number of carboxylic acids is 1. The minimum absolute atomic E-state index is 0.349. The lowest BCUT2D eigenvalue weighted by Crippen LogP contribution is -2.53. The Hall–Kier alpha value is -2.66. The molecule has 0 atom stereocenters. The summed E-state index contributed by atoms with van der Waals surface area (Å²) in [6, 6.07) is 16.6. The second kappa shape index (κ2) is 5.54. The van der Waals surface area contributed by atoms with E-state index in [9.17, 15) is 14.7 Å². The zero-order chi connectivity index (χ0) is 14.6. The maximum Gasteiger partial charge on any atom is 0.328 e. The van der Waals surface area contributed by atoms with Crippen LogP contribution in [0.1, 0.15) is 11.1 Å². The van der Waals surface area contributed by atoms with Crippen LogP contribution >= 0.6 is 0 Å². The molecule has 102 valence electrons. The summed E-state index contributed by atoms with van der Waals surface area (Å²) in [7, 11) is 0. The summed E-state index contributed by atoms with van der Waals surface area (Å²) in [4.78, 5) is 24.2. The summed E-state index contributed by atoms with van der Waals surface area (Å²) >= 11 is 0. The highest BCUT2D eigenvalue weighted by Gasteiger charge is 2.49. The number of nitrogens with two attached hydrogens (primary N) is 1. The number of carboxylic acid groups (broad SMARTS) is 1. The Labute approximate surface area is 116 Å². The smallest absolute Gasteiger partial charge is 0.328 e. The SMILES string of the molecule is NNC(=O)C(C(=O)O)(c1ccccc1)c1ccccc1. The summed E-state index contributed by atoms with van der Waals surface area (Å²) in [5, 5.41) is 9.72. The highest BCUT2D eigenvalue weighted by molar-refractivity contribution is 6.11. The molecule has 20 heavy (non-hydrogen) atoms. The van der Waals surface area contributed by atoms with Gasteiger partial charge in [-0.15, -0.1) is 0 Å². The number of rotatable bonds is 4. The van der Waals surface area contributed by atoms with E-state index < -0.39 is 17.3 Å². The Morgan fingerprint density at radius 2 is 1.30 bits per heavy atom. The number of hydrogen-bond acceptors (Lipinski definition) is 3. The van der Waals surface area contributed by atoms with Gasteiger partial charge in [0.1, 0.15) is 0 Å². The van der Waals surface area contributed by atoms with Gasteiger partial charge >= 0.3 is 5.97 Å². The number of hydrazine groups is 1. The van der Waals surface area contributed by atoms with Crippen LogP contribution < -0.4 is 11.3 Å². The summed E-state index contributed by atoms with van der Waals surface area (Å²) in [6.45, 7) is 0. The number of benzene rings is 2. The number of carbonyl (C=O) groups is 2. The first-order valence-corrected chi connectivity index (χ1v) is 5.99.